The zero-order valence-corrected chi connectivity index (χ0v) is 9.57. The van der Waals surface area contributed by atoms with Gasteiger partial charge in [-0.25, -0.2) is 0 Å². The van der Waals surface area contributed by atoms with Crippen molar-refractivity contribution in [2.24, 2.45) is 0 Å². The zero-order chi connectivity index (χ0) is 11.7. The first-order chi connectivity index (χ1) is 7.65. The van der Waals surface area contributed by atoms with Gasteiger partial charge in [-0.05, 0) is 37.4 Å². The number of methoxy groups -OCH3 is 1. The second kappa shape index (κ2) is 3.93. The lowest BCUT2D eigenvalue weighted by Gasteiger charge is -2.10. The predicted molar refractivity (Wildman–Crippen MR) is 63.0 cm³/mol. The van der Waals surface area contributed by atoms with Crippen LogP contribution in [0.15, 0.2) is 24.4 Å². The van der Waals surface area contributed by atoms with E-state index in [2.05, 4.69) is 4.98 Å². The number of pyridine rings is 1. The molecular formula is C13H13NO2. The summed E-state index contributed by atoms with van der Waals surface area (Å²) in [4.78, 5) is 15.7. The Hall–Kier alpha value is -1.90. The number of Topliss-reactive ketones (excluding diaryl/α,β-unsaturated/α-hetero) is 1. The summed E-state index contributed by atoms with van der Waals surface area (Å²) >= 11 is 0. The van der Waals surface area contributed by atoms with E-state index in [9.17, 15) is 4.79 Å². The quantitative estimate of drug-likeness (QED) is 0.723. The number of benzene rings is 1. The van der Waals surface area contributed by atoms with E-state index in [1.54, 1.807) is 26.3 Å². The van der Waals surface area contributed by atoms with E-state index in [-0.39, 0.29) is 5.78 Å². The van der Waals surface area contributed by atoms with Gasteiger partial charge in [-0.15, -0.1) is 0 Å². The van der Waals surface area contributed by atoms with E-state index < -0.39 is 0 Å². The summed E-state index contributed by atoms with van der Waals surface area (Å²) in [5.74, 6) is 0.809. The number of fused-ring (bicyclic) bond motifs is 1. The van der Waals surface area contributed by atoms with Crippen LogP contribution in [0.25, 0.3) is 10.8 Å². The van der Waals surface area contributed by atoms with Gasteiger partial charge in [0.15, 0.2) is 5.78 Å². The molecular weight excluding hydrogens is 202 g/mol. The number of hydrogen-bond donors (Lipinski definition) is 0. The Labute approximate surface area is 94.1 Å². The number of carbonyl (C=O) groups excluding carboxylic acids is 1. The second-order valence-electron chi connectivity index (χ2n) is 3.69. The monoisotopic (exact) mass is 215 g/mol. The minimum absolute atomic E-state index is 0.0539. The van der Waals surface area contributed by atoms with Crippen molar-refractivity contribution in [3.63, 3.8) is 0 Å². The average Bonchev–Trinajstić information content (AvgIpc) is 2.27. The molecule has 0 spiro atoms. The molecule has 0 saturated heterocycles. The highest BCUT2D eigenvalue weighted by Crippen LogP contribution is 2.30. The summed E-state index contributed by atoms with van der Waals surface area (Å²) in [7, 11) is 1.62. The lowest BCUT2D eigenvalue weighted by molar-refractivity contribution is 0.101. The van der Waals surface area contributed by atoms with Crippen molar-refractivity contribution in [2.45, 2.75) is 13.8 Å². The smallest absolute Gasteiger partial charge is 0.160 e. The van der Waals surface area contributed by atoms with E-state index in [0.29, 0.717) is 5.56 Å². The fourth-order valence-electron chi connectivity index (χ4n) is 1.91. The first-order valence-corrected chi connectivity index (χ1v) is 5.08. The standard InChI is InChI=1S/C13H13NO2/c1-8-13-11(6-7-14-8)10(9(2)15)4-5-12(13)16-3/h4-7H,1-3H3. The fourth-order valence-corrected chi connectivity index (χ4v) is 1.91. The molecule has 0 amide bonds. The maximum atomic E-state index is 11.5. The third kappa shape index (κ3) is 1.54. The Balaban J connectivity index is 2.91. The third-order valence-electron chi connectivity index (χ3n) is 2.68. The topological polar surface area (TPSA) is 39.2 Å². The molecule has 0 aliphatic carbocycles. The molecule has 0 saturated carbocycles. The van der Waals surface area contributed by atoms with Crippen LogP contribution < -0.4 is 4.74 Å². The van der Waals surface area contributed by atoms with Crippen molar-refractivity contribution in [3.8, 4) is 5.75 Å². The highest BCUT2D eigenvalue weighted by molar-refractivity contribution is 6.09. The van der Waals surface area contributed by atoms with Crippen LogP contribution in [0.2, 0.25) is 0 Å². The number of rotatable bonds is 2. The van der Waals surface area contributed by atoms with Crippen molar-refractivity contribution in [3.05, 3.63) is 35.7 Å². The SMILES string of the molecule is COc1ccc(C(C)=O)c2ccnc(C)c12. The number of ketones is 1. The molecule has 0 fully saturated rings. The number of aromatic nitrogens is 1. The van der Waals surface area contributed by atoms with Crippen LogP contribution in [-0.4, -0.2) is 17.9 Å². The molecule has 1 aromatic carbocycles. The van der Waals surface area contributed by atoms with E-state index in [1.165, 1.54) is 0 Å². The van der Waals surface area contributed by atoms with E-state index >= 15 is 0 Å². The first kappa shape index (κ1) is 10.6. The van der Waals surface area contributed by atoms with Crippen molar-refractivity contribution in [1.29, 1.82) is 0 Å². The Morgan fingerprint density at radius 2 is 2.06 bits per heavy atom. The molecule has 2 aromatic rings. The molecule has 1 aromatic heterocycles. The van der Waals surface area contributed by atoms with Crippen LogP contribution in [0.4, 0.5) is 0 Å². The van der Waals surface area contributed by atoms with Crippen molar-refractivity contribution >= 4 is 16.6 Å². The largest absolute Gasteiger partial charge is 0.496 e. The summed E-state index contributed by atoms with van der Waals surface area (Å²) in [6.07, 6.45) is 1.71. The molecule has 3 heteroatoms. The molecule has 0 unspecified atom stereocenters. The zero-order valence-electron chi connectivity index (χ0n) is 9.57. The molecule has 2 rings (SSSR count). The van der Waals surface area contributed by atoms with Crippen LogP contribution in [0.5, 0.6) is 5.75 Å². The predicted octanol–water partition coefficient (Wildman–Crippen LogP) is 2.75. The van der Waals surface area contributed by atoms with Gasteiger partial charge >= 0.3 is 0 Å². The summed E-state index contributed by atoms with van der Waals surface area (Å²) < 4.78 is 5.29. The molecule has 0 aliphatic heterocycles. The van der Waals surface area contributed by atoms with Crippen LogP contribution >= 0.6 is 0 Å². The molecule has 0 aliphatic rings. The fraction of sp³-hybridized carbons (Fsp3) is 0.231. The molecule has 16 heavy (non-hydrogen) atoms. The molecule has 1 heterocycles. The number of nitrogens with zero attached hydrogens (tertiary/aromatic N) is 1. The summed E-state index contributed by atoms with van der Waals surface area (Å²) in [5.41, 5.74) is 1.58. The summed E-state index contributed by atoms with van der Waals surface area (Å²) in [6, 6.07) is 5.46. The first-order valence-electron chi connectivity index (χ1n) is 5.08. The molecule has 0 atom stereocenters. The Kier molecular flexibility index (Phi) is 2.60. The van der Waals surface area contributed by atoms with Crippen LogP contribution in [0, 0.1) is 6.92 Å². The molecule has 0 bridgehead atoms. The highest BCUT2D eigenvalue weighted by Gasteiger charge is 2.11. The number of aryl methyl sites for hydroxylation is 1. The van der Waals surface area contributed by atoms with Gasteiger partial charge in [-0.3, -0.25) is 9.78 Å². The van der Waals surface area contributed by atoms with Gasteiger partial charge in [0.05, 0.1) is 7.11 Å². The van der Waals surface area contributed by atoms with Crippen LogP contribution in [0.1, 0.15) is 23.0 Å². The molecule has 0 radical (unpaired) electrons. The molecule has 82 valence electrons. The maximum Gasteiger partial charge on any atom is 0.160 e. The van der Waals surface area contributed by atoms with Crippen molar-refractivity contribution in [1.82, 2.24) is 4.98 Å². The number of ether oxygens (including phenoxy) is 1. The Morgan fingerprint density at radius 3 is 2.69 bits per heavy atom. The minimum atomic E-state index is 0.0539. The van der Waals surface area contributed by atoms with Gasteiger partial charge in [0.2, 0.25) is 0 Å². The van der Waals surface area contributed by atoms with Gasteiger partial charge in [-0.1, -0.05) is 0 Å². The van der Waals surface area contributed by atoms with Gasteiger partial charge in [0, 0.05) is 22.8 Å². The van der Waals surface area contributed by atoms with Crippen molar-refractivity contribution < 1.29 is 9.53 Å². The normalized spacial score (nSPS) is 10.4. The van der Waals surface area contributed by atoms with Gasteiger partial charge in [-0.2, -0.15) is 0 Å². The lowest BCUT2D eigenvalue weighted by Crippen LogP contribution is -1.97. The maximum absolute atomic E-state index is 11.5. The Bertz CT molecular complexity index is 561. The van der Waals surface area contributed by atoms with Crippen LogP contribution in [-0.2, 0) is 0 Å². The van der Waals surface area contributed by atoms with E-state index in [4.69, 9.17) is 4.74 Å². The van der Waals surface area contributed by atoms with E-state index in [1.807, 2.05) is 19.1 Å². The summed E-state index contributed by atoms with van der Waals surface area (Å²) in [6.45, 7) is 3.48. The number of carbonyl (C=O) groups is 1. The molecule has 0 N–H and O–H groups in total. The highest BCUT2D eigenvalue weighted by atomic mass is 16.5. The van der Waals surface area contributed by atoms with Crippen LogP contribution in [0.3, 0.4) is 0 Å². The Morgan fingerprint density at radius 1 is 1.31 bits per heavy atom. The van der Waals surface area contributed by atoms with Gasteiger partial charge in [0.1, 0.15) is 5.75 Å². The van der Waals surface area contributed by atoms with Gasteiger partial charge < -0.3 is 4.74 Å². The second-order valence-corrected chi connectivity index (χ2v) is 3.69. The van der Waals surface area contributed by atoms with Gasteiger partial charge in [0.25, 0.3) is 0 Å². The third-order valence-corrected chi connectivity index (χ3v) is 2.68. The van der Waals surface area contributed by atoms with E-state index in [0.717, 1.165) is 22.2 Å². The average molecular weight is 215 g/mol. The number of hydrogen-bond acceptors (Lipinski definition) is 3. The lowest BCUT2D eigenvalue weighted by atomic mass is 10.0. The molecule has 3 nitrogen and oxygen atoms in total. The summed E-state index contributed by atoms with van der Waals surface area (Å²) in [5, 5.41) is 1.82. The minimum Gasteiger partial charge on any atom is -0.496 e. The van der Waals surface area contributed by atoms with Crippen molar-refractivity contribution in [2.75, 3.05) is 7.11 Å².